The Labute approximate surface area is 160 Å². The van der Waals surface area contributed by atoms with Gasteiger partial charge in [-0.15, -0.1) is 0 Å². The molecule has 0 spiro atoms. The lowest BCUT2D eigenvalue weighted by molar-refractivity contribution is 0.0570. The molecule has 7 nitrogen and oxygen atoms in total. The van der Waals surface area contributed by atoms with Crippen LogP contribution in [0.5, 0.6) is 0 Å². The number of hydrogen-bond acceptors (Lipinski definition) is 5. The third kappa shape index (κ3) is 4.86. The van der Waals surface area contributed by atoms with Crippen molar-refractivity contribution in [2.45, 2.75) is 39.3 Å². The Bertz CT molecular complexity index is 739. The van der Waals surface area contributed by atoms with Gasteiger partial charge in [0.1, 0.15) is 11.6 Å². The van der Waals surface area contributed by atoms with E-state index < -0.39 is 0 Å². The van der Waals surface area contributed by atoms with Crippen molar-refractivity contribution < 1.29 is 9.53 Å². The number of carbonyl (C=O) groups is 1. The van der Waals surface area contributed by atoms with E-state index in [0.29, 0.717) is 30.7 Å². The fourth-order valence-electron chi connectivity index (χ4n) is 3.55. The molecule has 0 radical (unpaired) electrons. The maximum absolute atomic E-state index is 12.7. The van der Waals surface area contributed by atoms with Crippen molar-refractivity contribution >= 4 is 11.7 Å². The Morgan fingerprint density at radius 2 is 2.22 bits per heavy atom. The van der Waals surface area contributed by atoms with Gasteiger partial charge < -0.3 is 19.5 Å². The van der Waals surface area contributed by atoms with Gasteiger partial charge in [-0.3, -0.25) is 4.79 Å². The number of imidazole rings is 1. The van der Waals surface area contributed by atoms with E-state index in [0.717, 1.165) is 37.6 Å². The van der Waals surface area contributed by atoms with Crippen molar-refractivity contribution in [3.8, 4) is 0 Å². The minimum atomic E-state index is 0.0465. The van der Waals surface area contributed by atoms with Gasteiger partial charge in [0.05, 0.1) is 18.7 Å². The highest BCUT2D eigenvalue weighted by Crippen LogP contribution is 2.19. The molecular weight excluding hydrogens is 342 g/mol. The predicted octanol–water partition coefficient (Wildman–Crippen LogP) is 2.97. The van der Waals surface area contributed by atoms with Crippen molar-refractivity contribution in [1.82, 2.24) is 19.4 Å². The van der Waals surface area contributed by atoms with Gasteiger partial charge in [-0.05, 0) is 44.7 Å². The number of pyridine rings is 1. The molecule has 1 atom stereocenters. The lowest BCUT2D eigenvalue weighted by Crippen LogP contribution is -2.41. The molecule has 3 rings (SSSR count). The molecule has 1 aliphatic rings. The molecule has 0 saturated carbocycles. The van der Waals surface area contributed by atoms with Crippen LogP contribution in [0.3, 0.4) is 0 Å². The summed E-state index contributed by atoms with van der Waals surface area (Å²) >= 11 is 0. The summed E-state index contributed by atoms with van der Waals surface area (Å²) in [6.07, 6.45) is 7.58. The minimum Gasteiger partial charge on any atom is -0.384 e. The highest BCUT2D eigenvalue weighted by molar-refractivity contribution is 5.94. The Morgan fingerprint density at radius 1 is 1.37 bits per heavy atom. The van der Waals surface area contributed by atoms with E-state index in [1.54, 1.807) is 13.3 Å². The lowest BCUT2D eigenvalue weighted by atomic mass is 9.98. The number of nitrogens with one attached hydrogen (secondary N) is 1. The number of nitrogens with zero attached hydrogens (tertiary/aromatic N) is 4. The predicted molar refractivity (Wildman–Crippen MR) is 105 cm³/mol. The van der Waals surface area contributed by atoms with Gasteiger partial charge in [0, 0.05) is 44.8 Å². The van der Waals surface area contributed by atoms with Crippen molar-refractivity contribution in [3.63, 3.8) is 0 Å². The van der Waals surface area contributed by atoms with Crippen LogP contribution < -0.4 is 5.32 Å². The average molecular weight is 371 g/mol. The van der Waals surface area contributed by atoms with Crippen LogP contribution in [-0.4, -0.2) is 52.1 Å². The summed E-state index contributed by atoms with van der Waals surface area (Å²) in [4.78, 5) is 23.4. The number of ether oxygens (including phenoxy) is 1. The number of hydrogen-bond donors (Lipinski definition) is 1. The second-order valence-electron chi connectivity index (χ2n) is 7.34. The Kier molecular flexibility index (Phi) is 6.45. The number of carbonyl (C=O) groups excluding carboxylic acids is 1. The quantitative estimate of drug-likeness (QED) is 0.810. The van der Waals surface area contributed by atoms with Gasteiger partial charge in [0.25, 0.3) is 5.91 Å². The van der Waals surface area contributed by atoms with E-state index in [2.05, 4.69) is 33.7 Å². The van der Waals surface area contributed by atoms with Gasteiger partial charge in [0.15, 0.2) is 0 Å². The maximum atomic E-state index is 12.7. The van der Waals surface area contributed by atoms with Crippen LogP contribution in [-0.2, 0) is 11.3 Å². The van der Waals surface area contributed by atoms with Crippen molar-refractivity contribution in [3.05, 3.63) is 42.1 Å². The maximum Gasteiger partial charge on any atom is 0.255 e. The minimum absolute atomic E-state index is 0.0465. The molecule has 2 aromatic heterocycles. The number of anilines is 1. The highest BCUT2D eigenvalue weighted by Gasteiger charge is 2.24. The fraction of sp³-hybridized carbons (Fsp3) is 0.550. The van der Waals surface area contributed by atoms with Crippen LogP contribution >= 0.6 is 0 Å². The number of amides is 1. The molecule has 7 heteroatoms. The van der Waals surface area contributed by atoms with Crippen LogP contribution in [0.25, 0.3) is 0 Å². The molecule has 1 amide bonds. The number of piperidine rings is 1. The van der Waals surface area contributed by atoms with Crippen molar-refractivity contribution in [2.24, 2.45) is 5.92 Å². The largest absolute Gasteiger partial charge is 0.384 e. The standard InChI is InChI=1S/C20H29N5O2/c1-15(2)25-10-8-21-19(25)12-23-18-7-6-17(11-22-18)20(26)24-9-4-5-16(13-24)14-27-3/h6-8,10-11,15-16H,4-5,9,12-14H2,1-3H3,(H,22,23)/t16-/m1/s1. The van der Waals surface area contributed by atoms with Crippen molar-refractivity contribution in [1.29, 1.82) is 0 Å². The average Bonchev–Trinajstić information content (AvgIpc) is 3.16. The second kappa shape index (κ2) is 8.99. The van der Waals surface area contributed by atoms with Crippen LogP contribution in [0.2, 0.25) is 0 Å². The summed E-state index contributed by atoms with van der Waals surface area (Å²) in [6.45, 7) is 7.11. The second-order valence-corrected chi connectivity index (χ2v) is 7.34. The molecule has 146 valence electrons. The van der Waals surface area contributed by atoms with Crippen LogP contribution in [0.15, 0.2) is 30.7 Å². The topological polar surface area (TPSA) is 72.3 Å². The van der Waals surface area contributed by atoms with Gasteiger partial charge in [-0.2, -0.15) is 0 Å². The lowest BCUT2D eigenvalue weighted by Gasteiger charge is -2.32. The van der Waals surface area contributed by atoms with Crippen LogP contribution in [0.4, 0.5) is 5.82 Å². The molecule has 27 heavy (non-hydrogen) atoms. The third-order valence-corrected chi connectivity index (χ3v) is 4.95. The summed E-state index contributed by atoms with van der Waals surface area (Å²) in [7, 11) is 1.71. The van der Waals surface area contributed by atoms with E-state index in [4.69, 9.17) is 4.74 Å². The molecule has 1 fully saturated rings. The number of aromatic nitrogens is 3. The summed E-state index contributed by atoms with van der Waals surface area (Å²) in [5, 5.41) is 3.28. The molecule has 1 aliphatic heterocycles. The fourth-order valence-corrected chi connectivity index (χ4v) is 3.55. The van der Waals surface area contributed by atoms with Gasteiger partial charge in [-0.1, -0.05) is 0 Å². The van der Waals surface area contributed by atoms with E-state index in [1.807, 2.05) is 29.4 Å². The molecule has 2 aromatic rings. The van der Waals surface area contributed by atoms with Gasteiger partial charge in [-0.25, -0.2) is 9.97 Å². The van der Waals surface area contributed by atoms with Crippen molar-refractivity contribution in [2.75, 3.05) is 32.1 Å². The first-order valence-electron chi connectivity index (χ1n) is 9.58. The van der Waals surface area contributed by atoms with Gasteiger partial charge >= 0.3 is 0 Å². The molecule has 0 aliphatic carbocycles. The molecule has 3 heterocycles. The zero-order valence-corrected chi connectivity index (χ0v) is 16.4. The first kappa shape index (κ1) is 19.4. The first-order valence-corrected chi connectivity index (χ1v) is 9.58. The molecule has 1 saturated heterocycles. The van der Waals surface area contributed by atoms with Gasteiger partial charge in [0.2, 0.25) is 0 Å². The zero-order valence-electron chi connectivity index (χ0n) is 16.4. The summed E-state index contributed by atoms with van der Waals surface area (Å²) in [6, 6.07) is 4.06. The third-order valence-electron chi connectivity index (χ3n) is 4.95. The molecular formula is C20H29N5O2. The first-order chi connectivity index (χ1) is 13.1. The van der Waals surface area contributed by atoms with Crippen LogP contribution in [0.1, 0.15) is 48.9 Å². The zero-order chi connectivity index (χ0) is 19.2. The summed E-state index contributed by atoms with van der Waals surface area (Å²) in [5.41, 5.74) is 0.627. The number of rotatable bonds is 7. The molecule has 0 bridgehead atoms. The molecule has 1 N–H and O–H groups in total. The van der Waals surface area contributed by atoms with E-state index in [-0.39, 0.29) is 5.91 Å². The van der Waals surface area contributed by atoms with E-state index in [9.17, 15) is 4.79 Å². The Hall–Kier alpha value is -2.41. The Morgan fingerprint density at radius 3 is 2.93 bits per heavy atom. The molecule has 0 unspecified atom stereocenters. The normalized spacial score (nSPS) is 17.3. The summed E-state index contributed by atoms with van der Waals surface area (Å²) in [5.74, 6) is 2.17. The summed E-state index contributed by atoms with van der Waals surface area (Å²) < 4.78 is 7.37. The monoisotopic (exact) mass is 371 g/mol. The number of methoxy groups -OCH3 is 1. The van der Waals surface area contributed by atoms with E-state index in [1.165, 1.54) is 0 Å². The number of likely N-dealkylation sites (tertiary alicyclic amines) is 1. The Balaban J connectivity index is 1.58. The highest BCUT2D eigenvalue weighted by atomic mass is 16.5. The molecule has 0 aromatic carbocycles. The van der Waals surface area contributed by atoms with E-state index >= 15 is 0 Å². The van der Waals surface area contributed by atoms with Crippen LogP contribution in [0, 0.1) is 5.92 Å². The SMILES string of the molecule is COC[C@@H]1CCCN(C(=O)c2ccc(NCc3nccn3C(C)C)nc2)C1. The smallest absolute Gasteiger partial charge is 0.255 e.